The van der Waals surface area contributed by atoms with Gasteiger partial charge in [-0.05, 0) is 44.5 Å². The summed E-state index contributed by atoms with van der Waals surface area (Å²) in [6.45, 7) is 4.03. The fourth-order valence-electron chi connectivity index (χ4n) is 2.70. The number of amides is 1. The molecule has 1 aromatic carbocycles. The zero-order valence-corrected chi connectivity index (χ0v) is 17.2. The molecule has 0 aliphatic heterocycles. The van der Waals surface area contributed by atoms with Crippen molar-refractivity contribution in [3.05, 3.63) is 45.7 Å². The fourth-order valence-corrected chi connectivity index (χ4v) is 3.51. The van der Waals surface area contributed by atoms with Gasteiger partial charge in [-0.15, -0.1) is 0 Å². The number of Topliss-reactive ketones (excluding diaryl/α,β-unsaturated/α-hetero) is 1. The van der Waals surface area contributed by atoms with E-state index >= 15 is 0 Å². The Bertz CT molecular complexity index is 1070. The number of halogens is 1. The summed E-state index contributed by atoms with van der Waals surface area (Å²) in [6.07, 6.45) is 1.03. The summed E-state index contributed by atoms with van der Waals surface area (Å²) < 4.78 is 28.2. The molecule has 0 saturated carbocycles. The number of hydrogen-bond acceptors (Lipinski definition) is 6. The van der Waals surface area contributed by atoms with E-state index in [0.717, 1.165) is 6.26 Å². The minimum atomic E-state index is -3.48. The van der Waals surface area contributed by atoms with E-state index in [1.54, 1.807) is 13.8 Å². The molecule has 0 atom stereocenters. The van der Waals surface area contributed by atoms with E-state index in [1.165, 1.54) is 25.1 Å². The van der Waals surface area contributed by atoms with E-state index < -0.39 is 28.3 Å². The largest absolute Gasteiger partial charge is 0.451 e. The number of aromatic amines is 1. The molecule has 0 bridgehead atoms. The molecule has 0 aliphatic rings. The van der Waals surface area contributed by atoms with Gasteiger partial charge in [0.25, 0.3) is 5.91 Å². The van der Waals surface area contributed by atoms with E-state index in [0.29, 0.717) is 16.8 Å². The van der Waals surface area contributed by atoms with Gasteiger partial charge in [-0.3, -0.25) is 9.59 Å². The zero-order chi connectivity index (χ0) is 21.2. The van der Waals surface area contributed by atoms with E-state index in [4.69, 9.17) is 16.3 Å². The highest BCUT2D eigenvalue weighted by Gasteiger charge is 2.21. The lowest BCUT2D eigenvalue weighted by atomic mass is 10.1. The molecular formula is C18H19ClN2O6S. The van der Waals surface area contributed by atoms with Gasteiger partial charge < -0.3 is 15.0 Å². The van der Waals surface area contributed by atoms with Crippen LogP contribution < -0.4 is 5.32 Å². The molecule has 2 aromatic rings. The average molecular weight is 427 g/mol. The highest BCUT2D eigenvalue weighted by molar-refractivity contribution is 7.90. The number of aryl methyl sites for hydroxylation is 1. The number of carbonyl (C=O) groups is 3. The number of hydrogen-bond donors (Lipinski definition) is 2. The second-order valence-electron chi connectivity index (χ2n) is 6.22. The topological polar surface area (TPSA) is 122 Å². The summed E-state index contributed by atoms with van der Waals surface area (Å²) >= 11 is 5.97. The van der Waals surface area contributed by atoms with E-state index in [2.05, 4.69) is 10.3 Å². The Morgan fingerprint density at radius 2 is 1.86 bits per heavy atom. The van der Waals surface area contributed by atoms with Crippen molar-refractivity contribution in [3.63, 3.8) is 0 Å². The number of aromatic nitrogens is 1. The Morgan fingerprint density at radius 1 is 1.21 bits per heavy atom. The maximum absolute atomic E-state index is 12.2. The number of ketones is 1. The average Bonchev–Trinajstić information content (AvgIpc) is 2.88. The summed E-state index contributed by atoms with van der Waals surface area (Å²) in [5.74, 6) is -1.68. The molecule has 0 saturated heterocycles. The predicted molar refractivity (Wildman–Crippen MR) is 104 cm³/mol. The van der Waals surface area contributed by atoms with Crippen molar-refractivity contribution in [2.24, 2.45) is 0 Å². The van der Waals surface area contributed by atoms with Crippen LogP contribution in [0, 0.1) is 13.8 Å². The first-order valence-electron chi connectivity index (χ1n) is 8.08. The van der Waals surface area contributed by atoms with E-state index in [-0.39, 0.29) is 27.1 Å². The van der Waals surface area contributed by atoms with Crippen molar-refractivity contribution in [1.82, 2.24) is 4.98 Å². The van der Waals surface area contributed by atoms with Gasteiger partial charge in [0.1, 0.15) is 5.69 Å². The first-order chi connectivity index (χ1) is 12.9. The van der Waals surface area contributed by atoms with E-state index in [9.17, 15) is 22.8 Å². The minimum Gasteiger partial charge on any atom is -0.451 e. The summed E-state index contributed by atoms with van der Waals surface area (Å²) in [6, 6.07) is 3.87. The van der Waals surface area contributed by atoms with Gasteiger partial charge in [0.15, 0.2) is 22.2 Å². The molecule has 1 amide bonds. The first kappa shape index (κ1) is 21.6. The molecule has 10 heteroatoms. The molecule has 0 fully saturated rings. The van der Waals surface area contributed by atoms with Crippen LogP contribution in [0.15, 0.2) is 23.1 Å². The molecule has 150 valence electrons. The van der Waals surface area contributed by atoms with Gasteiger partial charge in [0.05, 0.1) is 15.6 Å². The van der Waals surface area contributed by atoms with Gasteiger partial charge in [0.2, 0.25) is 0 Å². The van der Waals surface area contributed by atoms with Gasteiger partial charge in [0, 0.05) is 17.5 Å². The van der Waals surface area contributed by atoms with Crippen molar-refractivity contribution >= 4 is 44.8 Å². The second-order valence-corrected chi connectivity index (χ2v) is 8.64. The lowest BCUT2D eigenvalue weighted by molar-refractivity contribution is -0.119. The van der Waals surface area contributed by atoms with Crippen LogP contribution in [0.25, 0.3) is 0 Å². The Hall–Kier alpha value is -2.65. The number of anilines is 1. The molecule has 2 N–H and O–H groups in total. The lowest BCUT2D eigenvalue weighted by Gasteiger charge is -2.09. The van der Waals surface area contributed by atoms with Crippen molar-refractivity contribution in [2.75, 3.05) is 18.2 Å². The number of esters is 1. The van der Waals surface area contributed by atoms with Crippen LogP contribution in [0.1, 0.15) is 39.0 Å². The Labute approximate surface area is 167 Å². The Morgan fingerprint density at radius 3 is 2.39 bits per heavy atom. The third-order valence-corrected chi connectivity index (χ3v) is 5.41. The summed E-state index contributed by atoms with van der Waals surface area (Å²) in [5, 5.41) is 2.54. The molecule has 8 nitrogen and oxygen atoms in total. The monoisotopic (exact) mass is 426 g/mol. The number of carbonyl (C=O) groups excluding carboxylic acids is 3. The highest BCUT2D eigenvalue weighted by Crippen LogP contribution is 2.25. The molecule has 0 spiro atoms. The second kappa shape index (κ2) is 8.15. The quantitative estimate of drug-likeness (QED) is 0.540. The number of H-pyrrole nitrogens is 1. The van der Waals surface area contributed by atoms with Crippen molar-refractivity contribution in [1.29, 1.82) is 0 Å². The number of nitrogens with one attached hydrogen (secondary N) is 2. The van der Waals surface area contributed by atoms with Crippen LogP contribution in [0.3, 0.4) is 0 Å². The molecule has 0 unspecified atom stereocenters. The number of ether oxygens (including phenoxy) is 1. The summed E-state index contributed by atoms with van der Waals surface area (Å²) in [7, 11) is -3.48. The number of sulfone groups is 1. The molecule has 0 radical (unpaired) electrons. The summed E-state index contributed by atoms with van der Waals surface area (Å²) in [4.78, 5) is 38.7. The zero-order valence-electron chi connectivity index (χ0n) is 15.7. The van der Waals surface area contributed by atoms with Crippen LogP contribution >= 0.6 is 11.6 Å². The first-order valence-corrected chi connectivity index (χ1v) is 10.4. The van der Waals surface area contributed by atoms with Crippen molar-refractivity contribution in [2.45, 2.75) is 25.7 Å². The van der Waals surface area contributed by atoms with Crippen molar-refractivity contribution < 1.29 is 27.5 Å². The third kappa shape index (κ3) is 4.79. The van der Waals surface area contributed by atoms with Crippen molar-refractivity contribution in [3.8, 4) is 0 Å². The number of rotatable bonds is 6. The molecule has 0 aliphatic carbocycles. The highest BCUT2D eigenvalue weighted by atomic mass is 35.5. The van der Waals surface area contributed by atoms with E-state index in [1.807, 2.05) is 0 Å². The summed E-state index contributed by atoms with van der Waals surface area (Å²) in [5.41, 5.74) is 1.55. The van der Waals surface area contributed by atoms with Gasteiger partial charge in [-0.2, -0.15) is 0 Å². The SMILES string of the molecule is CC(=O)c1c(C)[nH]c(C(=O)OCC(=O)Nc2cc(S(C)(=O)=O)ccc2Cl)c1C. The minimum absolute atomic E-state index is 0.0153. The Balaban J connectivity index is 2.08. The van der Waals surface area contributed by atoms with Crippen LogP contribution in [0.2, 0.25) is 5.02 Å². The predicted octanol–water partition coefficient (Wildman–Crippen LogP) is 2.69. The third-order valence-electron chi connectivity index (χ3n) is 3.97. The standard InChI is InChI=1S/C18H19ClN2O6S/c1-9-16(11(3)22)10(2)20-17(9)18(24)27-8-15(23)21-14-7-12(28(4,25)26)5-6-13(14)19/h5-7,20H,8H2,1-4H3,(H,21,23). The molecule has 2 rings (SSSR count). The molecule has 1 heterocycles. The van der Waals surface area contributed by atoms with Crippen LogP contribution in [0.5, 0.6) is 0 Å². The normalized spacial score (nSPS) is 11.2. The van der Waals surface area contributed by atoms with Gasteiger partial charge in [-0.25, -0.2) is 13.2 Å². The van der Waals surface area contributed by atoms with Crippen LogP contribution in [-0.4, -0.2) is 43.9 Å². The molecule has 28 heavy (non-hydrogen) atoms. The fraction of sp³-hybridized carbons (Fsp3) is 0.278. The maximum atomic E-state index is 12.2. The number of benzene rings is 1. The van der Waals surface area contributed by atoms with Crippen LogP contribution in [0.4, 0.5) is 5.69 Å². The van der Waals surface area contributed by atoms with Gasteiger partial charge in [-0.1, -0.05) is 11.6 Å². The lowest BCUT2D eigenvalue weighted by Crippen LogP contribution is -2.21. The molecule has 1 aromatic heterocycles. The van der Waals surface area contributed by atoms with Gasteiger partial charge >= 0.3 is 5.97 Å². The van der Waals surface area contributed by atoms with Crippen LogP contribution in [-0.2, 0) is 19.4 Å². The Kier molecular flexibility index (Phi) is 6.30. The maximum Gasteiger partial charge on any atom is 0.355 e. The smallest absolute Gasteiger partial charge is 0.355 e. The molecular weight excluding hydrogens is 408 g/mol.